The van der Waals surface area contributed by atoms with Crippen molar-refractivity contribution in [3.8, 4) is 0 Å². The molecule has 0 atom stereocenters. The standard InChI is InChI=1S/C10H9Cl2NO/c1-10(4-5-10)8(14)6-2-3-7(11)13-9(6)12/h2-3H,4-5H2,1H3. The Morgan fingerprint density at radius 2 is 2.07 bits per heavy atom. The van der Waals surface area contributed by atoms with E-state index in [1.165, 1.54) is 0 Å². The van der Waals surface area contributed by atoms with E-state index >= 15 is 0 Å². The van der Waals surface area contributed by atoms with Crippen LogP contribution in [0.1, 0.15) is 30.1 Å². The van der Waals surface area contributed by atoms with Gasteiger partial charge in [-0.2, -0.15) is 0 Å². The van der Waals surface area contributed by atoms with Crippen LogP contribution in [0.3, 0.4) is 0 Å². The minimum Gasteiger partial charge on any atom is -0.293 e. The van der Waals surface area contributed by atoms with Crippen LogP contribution in [-0.4, -0.2) is 10.8 Å². The van der Waals surface area contributed by atoms with E-state index in [0.717, 1.165) is 12.8 Å². The topological polar surface area (TPSA) is 30.0 Å². The van der Waals surface area contributed by atoms with Crippen LogP contribution >= 0.6 is 23.2 Å². The summed E-state index contributed by atoms with van der Waals surface area (Å²) in [6.45, 7) is 1.94. The van der Waals surface area contributed by atoms with Crippen molar-refractivity contribution in [2.24, 2.45) is 5.41 Å². The van der Waals surface area contributed by atoms with Crippen LogP contribution in [0.2, 0.25) is 10.3 Å². The van der Waals surface area contributed by atoms with Gasteiger partial charge < -0.3 is 0 Å². The van der Waals surface area contributed by atoms with Gasteiger partial charge in [0.25, 0.3) is 0 Å². The number of pyridine rings is 1. The highest BCUT2D eigenvalue weighted by molar-refractivity contribution is 6.35. The van der Waals surface area contributed by atoms with E-state index < -0.39 is 0 Å². The molecule has 1 aliphatic rings. The van der Waals surface area contributed by atoms with Crippen molar-refractivity contribution in [1.29, 1.82) is 0 Å². The number of nitrogens with zero attached hydrogens (tertiary/aromatic N) is 1. The molecule has 0 unspecified atom stereocenters. The molecule has 74 valence electrons. The third kappa shape index (κ3) is 1.64. The highest BCUT2D eigenvalue weighted by Crippen LogP contribution is 2.48. The SMILES string of the molecule is CC1(C(=O)c2ccc(Cl)nc2Cl)CC1. The summed E-state index contributed by atoms with van der Waals surface area (Å²) in [7, 11) is 0. The zero-order chi connectivity index (χ0) is 10.3. The van der Waals surface area contributed by atoms with E-state index in [1.54, 1.807) is 12.1 Å². The first-order valence-electron chi connectivity index (χ1n) is 4.40. The molecule has 0 bridgehead atoms. The van der Waals surface area contributed by atoms with Gasteiger partial charge in [0.15, 0.2) is 5.78 Å². The van der Waals surface area contributed by atoms with Crippen LogP contribution < -0.4 is 0 Å². The number of halogens is 2. The zero-order valence-corrected chi connectivity index (χ0v) is 9.19. The Bertz CT molecular complexity index is 399. The van der Waals surface area contributed by atoms with E-state index in [-0.39, 0.29) is 16.4 Å². The van der Waals surface area contributed by atoms with Gasteiger partial charge >= 0.3 is 0 Å². The van der Waals surface area contributed by atoms with E-state index in [0.29, 0.717) is 10.7 Å². The lowest BCUT2D eigenvalue weighted by molar-refractivity contribution is 0.0912. The number of aromatic nitrogens is 1. The molecule has 14 heavy (non-hydrogen) atoms. The highest BCUT2D eigenvalue weighted by atomic mass is 35.5. The predicted molar refractivity (Wildman–Crippen MR) is 55.9 cm³/mol. The van der Waals surface area contributed by atoms with Gasteiger partial charge in [0.2, 0.25) is 0 Å². The number of Topliss-reactive ketones (excluding diaryl/α,β-unsaturated/α-hetero) is 1. The number of hydrogen-bond acceptors (Lipinski definition) is 2. The van der Waals surface area contributed by atoms with Crippen LogP contribution in [0.25, 0.3) is 0 Å². The third-order valence-electron chi connectivity index (χ3n) is 2.61. The molecule has 0 aromatic carbocycles. The Kier molecular flexibility index (Phi) is 2.28. The Hall–Kier alpha value is -0.600. The lowest BCUT2D eigenvalue weighted by Crippen LogP contribution is -2.12. The molecule has 1 aromatic rings. The molecule has 2 nitrogen and oxygen atoms in total. The summed E-state index contributed by atoms with van der Waals surface area (Å²) in [5.41, 5.74) is 0.273. The highest BCUT2D eigenvalue weighted by Gasteiger charge is 2.45. The molecule has 1 aliphatic carbocycles. The van der Waals surface area contributed by atoms with Crippen molar-refractivity contribution < 1.29 is 4.79 Å². The molecule has 0 saturated heterocycles. The lowest BCUT2D eigenvalue weighted by atomic mass is 9.98. The van der Waals surface area contributed by atoms with Gasteiger partial charge in [-0.25, -0.2) is 4.98 Å². The summed E-state index contributed by atoms with van der Waals surface area (Å²) >= 11 is 11.5. The Balaban J connectivity index is 2.37. The molecule has 1 fully saturated rings. The first-order chi connectivity index (χ1) is 6.53. The summed E-state index contributed by atoms with van der Waals surface area (Å²) in [6.07, 6.45) is 1.87. The van der Waals surface area contributed by atoms with Crippen LogP contribution in [0.15, 0.2) is 12.1 Å². The molecule has 0 aliphatic heterocycles. The van der Waals surface area contributed by atoms with Crippen molar-refractivity contribution in [2.45, 2.75) is 19.8 Å². The van der Waals surface area contributed by atoms with Crippen molar-refractivity contribution in [3.05, 3.63) is 28.0 Å². The summed E-state index contributed by atoms with van der Waals surface area (Å²) in [6, 6.07) is 3.23. The Labute approximate surface area is 92.2 Å². The number of rotatable bonds is 2. The first-order valence-corrected chi connectivity index (χ1v) is 5.15. The summed E-state index contributed by atoms with van der Waals surface area (Å²) in [5, 5.41) is 0.517. The Morgan fingerprint density at radius 1 is 1.43 bits per heavy atom. The minimum atomic E-state index is -0.209. The molecular weight excluding hydrogens is 221 g/mol. The average Bonchev–Trinajstić information content (AvgIpc) is 2.84. The van der Waals surface area contributed by atoms with E-state index in [2.05, 4.69) is 4.98 Å². The number of carbonyl (C=O) groups excluding carboxylic acids is 1. The fraction of sp³-hybridized carbons (Fsp3) is 0.400. The van der Waals surface area contributed by atoms with E-state index in [1.807, 2.05) is 6.92 Å². The molecule has 0 N–H and O–H groups in total. The maximum Gasteiger partial charge on any atom is 0.171 e. The summed E-state index contributed by atoms with van der Waals surface area (Å²) in [5.74, 6) is 0.0756. The molecule has 1 aromatic heterocycles. The second kappa shape index (κ2) is 3.21. The van der Waals surface area contributed by atoms with Crippen molar-refractivity contribution in [3.63, 3.8) is 0 Å². The van der Waals surface area contributed by atoms with Crippen molar-refractivity contribution in [1.82, 2.24) is 4.98 Å². The largest absolute Gasteiger partial charge is 0.293 e. The molecule has 1 heterocycles. The van der Waals surface area contributed by atoms with Crippen molar-refractivity contribution in [2.75, 3.05) is 0 Å². The van der Waals surface area contributed by atoms with Crippen LogP contribution in [-0.2, 0) is 0 Å². The molecule has 0 amide bonds. The smallest absolute Gasteiger partial charge is 0.171 e. The lowest BCUT2D eigenvalue weighted by Gasteiger charge is -2.07. The normalized spacial score (nSPS) is 17.9. The van der Waals surface area contributed by atoms with Gasteiger partial charge in [-0.3, -0.25) is 4.79 Å². The van der Waals surface area contributed by atoms with Gasteiger partial charge in [-0.1, -0.05) is 30.1 Å². The second-order valence-corrected chi connectivity index (χ2v) is 4.61. The van der Waals surface area contributed by atoms with Crippen LogP contribution in [0, 0.1) is 5.41 Å². The third-order valence-corrected chi connectivity index (χ3v) is 3.11. The van der Waals surface area contributed by atoms with Crippen molar-refractivity contribution >= 4 is 29.0 Å². The van der Waals surface area contributed by atoms with Gasteiger partial charge in [-0.15, -0.1) is 0 Å². The molecule has 1 saturated carbocycles. The average molecular weight is 230 g/mol. The van der Waals surface area contributed by atoms with E-state index in [4.69, 9.17) is 23.2 Å². The first kappa shape index (κ1) is 9.94. The Morgan fingerprint density at radius 3 is 2.57 bits per heavy atom. The minimum absolute atomic E-state index is 0.0756. The molecule has 2 rings (SSSR count). The fourth-order valence-corrected chi connectivity index (χ4v) is 1.75. The number of carbonyl (C=O) groups is 1. The maximum absolute atomic E-state index is 11.9. The van der Waals surface area contributed by atoms with Crippen LogP contribution in [0.5, 0.6) is 0 Å². The van der Waals surface area contributed by atoms with Gasteiger partial charge in [0, 0.05) is 5.41 Å². The summed E-state index contributed by atoms with van der Waals surface area (Å²) < 4.78 is 0. The quantitative estimate of drug-likeness (QED) is 0.575. The number of ketones is 1. The van der Waals surface area contributed by atoms with Gasteiger partial charge in [0.05, 0.1) is 5.56 Å². The van der Waals surface area contributed by atoms with Gasteiger partial charge in [0.1, 0.15) is 10.3 Å². The monoisotopic (exact) mass is 229 g/mol. The maximum atomic E-state index is 11.9. The molecular formula is C10H9Cl2NO. The summed E-state index contributed by atoms with van der Waals surface area (Å²) in [4.78, 5) is 15.7. The zero-order valence-electron chi connectivity index (χ0n) is 7.68. The van der Waals surface area contributed by atoms with Crippen LogP contribution in [0.4, 0.5) is 0 Å². The fourth-order valence-electron chi connectivity index (χ4n) is 1.32. The second-order valence-electron chi connectivity index (χ2n) is 3.86. The predicted octanol–water partition coefficient (Wildman–Crippen LogP) is 3.37. The van der Waals surface area contributed by atoms with Gasteiger partial charge in [-0.05, 0) is 25.0 Å². The number of hydrogen-bond donors (Lipinski definition) is 0. The molecule has 4 heteroatoms. The molecule has 0 radical (unpaired) electrons. The van der Waals surface area contributed by atoms with E-state index in [9.17, 15) is 4.79 Å². The molecule has 0 spiro atoms.